The van der Waals surface area contributed by atoms with Crippen molar-refractivity contribution in [3.63, 3.8) is 0 Å². The van der Waals surface area contributed by atoms with Gasteiger partial charge in [-0.2, -0.15) is 0 Å². The van der Waals surface area contributed by atoms with E-state index in [0.29, 0.717) is 6.42 Å². The molecule has 0 spiro atoms. The molecule has 1 nitrogen and oxygen atoms in total. The van der Waals surface area contributed by atoms with E-state index in [1.807, 2.05) is 6.07 Å². The third-order valence-corrected chi connectivity index (χ3v) is 3.66. The van der Waals surface area contributed by atoms with Gasteiger partial charge in [0.1, 0.15) is 5.82 Å². The maximum atomic E-state index is 13.1. The van der Waals surface area contributed by atoms with Crippen LogP contribution in [0.3, 0.4) is 0 Å². The van der Waals surface area contributed by atoms with Crippen LogP contribution in [0.15, 0.2) is 42.5 Å². The van der Waals surface area contributed by atoms with Crippen molar-refractivity contribution in [3.8, 4) is 0 Å². The molecular weight excluding hydrogens is 275 g/mol. The summed E-state index contributed by atoms with van der Waals surface area (Å²) in [6.45, 7) is 2.15. The second-order valence-electron chi connectivity index (χ2n) is 5.19. The van der Waals surface area contributed by atoms with Crippen molar-refractivity contribution in [2.75, 3.05) is 6.61 Å². The van der Waals surface area contributed by atoms with Gasteiger partial charge < -0.3 is 5.11 Å². The Morgan fingerprint density at radius 3 is 2.40 bits per heavy atom. The van der Waals surface area contributed by atoms with Gasteiger partial charge in [0, 0.05) is 6.61 Å². The number of rotatable bonds is 5. The zero-order valence-corrected chi connectivity index (χ0v) is 12.2. The van der Waals surface area contributed by atoms with Gasteiger partial charge >= 0.3 is 0 Å². The summed E-state index contributed by atoms with van der Waals surface area (Å²) in [6, 6.07) is 13.0. The van der Waals surface area contributed by atoms with Crippen molar-refractivity contribution >= 4 is 11.6 Å². The van der Waals surface area contributed by atoms with E-state index >= 15 is 0 Å². The fourth-order valence-electron chi connectivity index (χ4n) is 2.37. The minimum Gasteiger partial charge on any atom is -0.396 e. The van der Waals surface area contributed by atoms with E-state index in [4.69, 9.17) is 11.6 Å². The van der Waals surface area contributed by atoms with Gasteiger partial charge in [-0.1, -0.05) is 47.5 Å². The van der Waals surface area contributed by atoms with Crippen LogP contribution in [-0.2, 0) is 12.8 Å². The Kier molecular flexibility index (Phi) is 5.16. The van der Waals surface area contributed by atoms with Gasteiger partial charge in [-0.3, -0.25) is 0 Å². The first-order chi connectivity index (χ1) is 9.58. The second kappa shape index (κ2) is 6.87. The van der Waals surface area contributed by atoms with E-state index in [0.717, 1.165) is 12.0 Å². The lowest BCUT2D eigenvalue weighted by Crippen LogP contribution is -2.13. The highest BCUT2D eigenvalue weighted by Gasteiger charge is 2.11. The van der Waals surface area contributed by atoms with Gasteiger partial charge in [-0.15, -0.1) is 0 Å². The SMILES string of the molecule is Cc1cccc(CC(CO)Cc2ccc(F)c(Cl)c2)c1. The van der Waals surface area contributed by atoms with Crippen molar-refractivity contribution in [1.29, 1.82) is 0 Å². The largest absolute Gasteiger partial charge is 0.396 e. The molecule has 0 bridgehead atoms. The summed E-state index contributed by atoms with van der Waals surface area (Å²) >= 11 is 5.78. The van der Waals surface area contributed by atoms with E-state index < -0.39 is 5.82 Å². The van der Waals surface area contributed by atoms with Crippen LogP contribution in [0.25, 0.3) is 0 Å². The summed E-state index contributed by atoms with van der Waals surface area (Å²) in [7, 11) is 0. The predicted octanol–water partition coefficient (Wildman–Crippen LogP) is 4.18. The Morgan fingerprint density at radius 1 is 1.10 bits per heavy atom. The molecule has 1 atom stereocenters. The summed E-state index contributed by atoms with van der Waals surface area (Å²) < 4.78 is 13.1. The smallest absolute Gasteiger partial charge is 0.141 e. The van der Waals surface area contributed by atoms with Crippen LogP contribution in [0.5, 0.6) is 0 Å². The number of halogens is 2. The highest BCUT2D eigenvalue weighted by atomic mass is 35.5. The van der Waals surface area contributed by atoms with Gasteiger partial charge in [0.15, 0.2) is 0 Å². The van der Waals surface area contributed by atoms with Crippen LogP contribution < -0.4 is 0 Å². The minimum absolute atomic E-state index is 0.100. The molecule has 0 saturated carbocycles. The third-order valence-electron chi connectivity index (χ3n) is 3.37. The van der Waals surface area contributed by atoms with Crippen molar-refractivity contribution in [2.45, 2.75) is 19.8 Å². The predicted molar refractivity (Wildman–Crippen MR) is 80.6 cm³/mol. The van der Waals surface area contributed by atoms with Crippen molar-refractivity contribution in [1.82, 2.24) is 0 Å². The maximum absolute atomic E-state index is 13.1. The first kappa shape index (κ1) is 15.0. The number of aliphatic hydroxyl groups excluding tert-OH is 1. The first-order valence-electron chi connectivity index (χ1n) is 6.69. The molecule has 106 valence electrons. The fraction of sp³-hybridized carbons (Fsp3) is 0.294. The Bertz CT molecular complexity index is 583. The van der Waals surface area contributed by atoms with Gasteiger partial charge in [0.25, 0.3) is 0 Å². The molecule has 0 heterocycles. The van der Waals surface area contributed by atoms with Gasteiger partial charge in [-0.25, -0.2) is 4.39 Å². The quantitative estimate of drug-likeness (QED) is 0.876. The molecule has 20 heavy (non-hydrogen) atoms. The highest BCUT2D eigenvalue weighted by molar-refractivity contribution is 6.30. The third kappa shape index (κ3) is 4.06. The lowest BCUT2D eigenvalue weighted by Gasteiger charge is -2.15. The standard InChI is InChI=1S/C17H18ClFO/c1-12-3-2-4-13(7-12)8-15(11-20)9-14-5-6-17(19)16(18)10-14/h2-7,10,15,20H,8-9,11H2,1H3. The summed E-state index contributed by atoms with van der Waals surface area (Å²) in [5, 5.41) is 9.67. The Balaban J connectivity index is 2.07. The number of hydrogen-bond donors (Lipinski definition) is 1. The highest BCUT2D eigenvalue weighted by Crippen LogP contribution is 2.20. The topological polar surface area (TPSA) is 20.2 Å². The normalized spacial score (nSPS) is 12.4. The lowest BCUT2D eigenvalue weighted by molar-refractivity contribution is 0.225. The number of benzene rings is 2. The molecule has 0 saturated heterocycles. The molecule has 0 aliphatic carbocycles. The molecule has 2 aromatic rings. The summed E-state index contributed by atoms with van der Waals surface area (Å²) in [6.07, 6.45) is 1.48. The average molecular weight is 293 g/mol. The van der Waals surface area contributed by atoms with E-state index in [-0.39, 0.29) is 17.5 Å². The maximum Gasteiger partial charge on any atom is 0.141 e. The molecule has 0 aliphatic rings. The van der Waals surface area contributed by atoms with Gasteiger partial charge in [-0.05, 0) is 48.9 Å². The zero-order valence-electron chi connectivity index (χ0n) is 11.4. The Morgan fingerprint density at radius 2 is 1.80 bits per heavy atom. The van der Waals surface area contributed by atoms with E-state index in [1.165, 1.54) is 17.2 Å². The Labute approximate surface area is 124 Å². The van der Waals surface area contributed by atoms with Crippen molar-refractivity contribution < 1.29 is 9.50 Å². The van der Waals surface area contributed by atoms with E-state index in [2.05, 4.69) is 25.1 Å². The van der Waals surface area contributed by atoms with Crippen LogP contribution in [0, 0.1) is 18.7 Å². The van der Waals surface area contributed by atoms with Crippen LogP contribution >= 0.6 is 11.6 Å². The summed E-state index contributed by atoms with van der Waals surface area (Å²) in [5.74, 6) is -0.298. The van der Waals surface area contributed by atoms with Crippen LogP contribution in [0.1, 0.15) is 16.7 Å². The van der Waals surface area contributed by atoms with Gasteiger partial charge in [0.2, 0.25) is 0 Å². The average Bonchev–Trinajstić information content (AvgIpc) is 2.42. The molecular formula is C17H18ClFO. The number of aliphatic hydroxyl groups is 1. The van der Waals surface area contributed by atoms with Crippen LogP contribution in [-0.4, -0.2) is 11.7 Å². The molecule has 0 amide bonds. The molecule has 2 aromatic carbocycles. The number of aryl methyl sites for hydroxylation is 1. The molecule has 0 radical (unpaired) electrons. The van der Waals surface area contributed by atoms with Gasteiger partial charge in [0.05, 0.1) is 5.02 Å². The first-order valence-corrected chi connectivity index (χ1v) is 7.06. The van der Waals surface area contributed by atoms with Crippen molar-refractivity contribution in [2.24, 2.45) is 5.92 Å². The number of hydrogen-bond acceptors (Lipinski definition) is 1. The molecule has 0 fully saturated rings. The van der Waals surface area contributed by atoms with E-state index in [1.54, 1.807) is 12.1 Å². The Hall–Kier alpha value is -1.38. The molecule has 3 heteroatoms. The summed E-state index contributed by atoms with van der Waals surface area (Å²) in [5.41, 5.74) is 3.37. The second-order valence-corrected chi connectivity index (χ2v) is 5.60. The molecule has 0 aromatic heterocycles. The molecule has 1 unspecified atom stereocenters. The van der Waals surface area contributed by atoms with Crippen LogP contribution in [0.2, 0.25) is 5.02 Å². The monoisotopic (exact) mass is 292 g/mol. The van der Waals surface area contributed by atoms with E-state index in [9.17, 15) is 9.50 Å². The fourth-order valence-corrected chi connectivity index (χ4v) is 2.58. The van der Waals surface area contributed by atoms with Crippen molar-refractivity contribution in [3.05, 3.63) is 70.0 Å². The lowest BCUT2D eigenvalue weighted by atomic mass is 9.93. The molecule has 0 aliphatic heterocycles. The van der Waals surface area contributed by atoms with Crippen LogP contribution in [0.4, 0.5) is 4.39 Å². The minimum atomic E-state index is -0.408. The molecule has 2 rings (SSSR count). The summed E-state index contributed by atoms with van der Waals surface area (Å²) in [4.78, 5) is 0. The zero-order chi connectivity index (χ0) is 14.5. The molecule has 1 N–H and O–H groups in total.